The van der Waals surface area contributed by atoms with Crippen LogP contribution in [0.1, 0.15) is 15.9 Å². The van der Waals surface area contributed by atoms with Crippen LogP contribution in [0.3, 0.4) is 0 Å². The molecule has 6 heteroatoms. The minimum Gasteiger partial charge on any atom is -0.368 e. The van der Waals surface area contributed by atoms with Crippen molar-refractivity contribution in [2.24, 2.45) is 0 Å². The summed E-state index contributed by atoms with van der Waals surface area (Å²) in [5, 5.41) is 2.88. The quantitative estimate of drug-likeness (QED) is 0.833. The molecule has 0 aromatic heterocycles. The third-order valence-electron chi connectivity index (χ3n) is 4.56. The average Bonchev–Trinajstić information content (AvgIpc) is 2.68. The monoisotopic (exact) mass is 355 g/mol. The van der Waals surface area contributed by atoms with E-state index in [0.29, 0.717) is 30.8 Å². The van der Waals surface area contributed by atoms with Crippen molar-refractivity contribution in [3.05, 3.63) is 65.5 Å². The molecule has 1 fully saturated rings. The third-order valence-corrected chi connectivity index (χ3v) is 4.56. The maximum Gasteiger partial charge on any atom is 0.236 e. The van der Waals surface area contributed by atoms with Gasteiger partial charge in [-0.25, -0.2) is 4.39 Å². The van der Waals surface area contributed by atoms with Gasteiger partial charge in [0.05, 0.1) is 6.54 Å². The van der Waals surface area contributed by atoms with Crippen molar-refractivity contribution >= 4 is 17.4 Å². The van der Waals surface area contributed by atoms with E-state index in [9.17, 15) is 14.0 Å². The number of benzene rings is 2. The molecule has 5 nitrogen and oxygen atoms in total. The first-order valence-electron chi connectivity index (χ1n) is 8.66. The van der Waals surface area contributed by atoms with Crippen molar-refractivity contribution in [3.8, 4) is 0 Å². The van der Waals surface area contributed by atoms with E-state index < -0.39 is 0 Å². The van der Waals surface area contributed by atoms with Crippen molar-refractivity contribution in [2.75, 3.05) is 44.7 Å². The number of nitrogens with zero attached hydrogens (tertiary/aromatic N) is 2. The Bertz CT molecular complexity index is 767. The molecule has 0 spiro atoms. The summed E-state index contributed by atoms with van der Waals surface area (Å²) in [7, 11) is 1.77. The lowest BCUT2D eigenvalue weighted by Crippen LogP contribution is -2.50. The van der Waals surface area contributed by atoms with Gasteiger partial charge in [-0.05, 0) is 55.6 Å². The van der Waals surface area contributed by atoms with E-state index in [1.54, 1.807) is 19.2 Å². The van der Waals surface area contributed by atoms with Crippen LogP contribution in [0.2, 0.25) is 0 Å². The van der Waals surface area contributed by atoms with E-state index in [1.165, 1.54) is 24.3 Å². The van der Waals surface area contributed by atoms with Crippen LogP contribution in [0.25, 0.3) is 0 Å². The Kier molecular flexibility index (Phi) is 5.63. The molecular weight excluding hydrogens is 333 g/mol. The summed E-state index contributed by atoms with van der Waals surface area (Å²) in [6.45, 7) is 3.27. The van der Waals surface area contributed by atoms with Gasteiger partial charge in [0.25, 0.3) is 0 Å². The highest BCUT2D eigenvalue weighted by Gasteiger charge is 2.21. The van der Waals surface area contributed by atoms with Gasteiger partial charge in [-0.2, -0.15) is 0 Å². The van der Waals surface area contributed by atoms with E-state index in [1.807, 2.05) is 17.0 Å². The van der Waals surface area contributed by atoms with Crippen LogP contribution in [-0.4, -0.2) is 56.4 Å². The number of hydrogen-bond donors (Lipinski definition) is 1. The van der Waals surface area contributed by atoms with Crippen molar-refractivity contribution in [2.45, 2.75) is 0 Å². The summed E-state index contributed by atoms with van der Waals surface area (Å²) in [6, 6.07) is 13.0. The van der Waals surface area contributed by atoms with Crippen molar-refractivity contribution in [3.63, 3.8) is 0 Å². The maximum absolute atomic E-state index is 13.0. The summed E-state index contributed by atoms with van der Waals surface area (Å²) < 4.78 is 13.0. The van der Waals surface area contributed by atoms with E-state index in [4.69, 9.17) is 0 Å². The van der Waals surface area contributed by atoms with Gasteiger partial charge in [0.1, 0.15) is 5.82 Å². The molecule has 1 amide bonds. The fourth-order valence-electron chi connectivity index (χ4n) is 3.07. The second-order valence-electron chi connectivity index (χ2n) is 6.28. The van der Waals surface area contributed by atoms with Gasteiger partial charge in [-0.3, -0.25) is 9.59 Å². The number of rotatable bonds is 5. The molecule has 0 saturated carbocycles. The van der Waals surface area contributed by atoms with Crippen LogP contribution in [0.5, 0.6) is 0 Å². The molecule has 26 heavy (non-hydrogen) atoms. The zero-order valence-electron chi connectivity index (χ0n) is 14.7. The molecule has 0 aliphatic carbocycles. The first-order chi connectivity index (χ1) is 12.6. The van der Waals surface area contributed by atoms with Gasteiger partial charge < -0.3 is 15.1 Å². The summed E-state index contributed by atoms with van der Waals surface area (Å²) in [4.78, 5) is 28.4. The second-order valence-corrected chi connectivity index (χ2v) is 6.28. The fraction of sp³-hybridized carbons (Fsp3) is 0.300. The normalized spacial score (nSPS) is 14.4. The maximum atomic E-state index is 13.0. The highest BCUT2D eigenvalue weighted by Crippen LogP contribution is 2.19. The highest BCUT2D eigenvalue weighted by molar-refractivity contribution is 6.09. The van der Waals surface area contributed by atoms with Gasteiger partial charge >= 0.3 is 0 Å². The topological polar surface area (TPSA) is 52.7 Å². The van der Waals surface area contributed by atoms with Crippen LogP contribution in [-0.2, 0) is 4.79 Å². The standard InChI is InChI=1S/C20H22FN3O2/c1-22-14-19(25)24-12-10-23(11-13-24)18-8-4-16(5-9-18)20(26)15-2-6-17(21)7-3-15/h2-9,22H,10-14H2,1H3. The average molecular weight is 355 g/mol. The molecule has 0 bridgehead atoms. The van der Waals surface area contributed by atoms with Crippen LogP contribution in [0.4, 0.5) is 10.1 Å². The minimum absolute atomic E-state index is 0.118. The number of ketones is 1. The zero-order chi connectivity index (χ0) is 18.5. The van der Waals surface area contributed by atoms with E-state index in [0.717, 1.165) is 18.8 Å². The van der Waals surface area contributed by atoms with Crippen LogP contribution in [0.15, 0.2) is 48.5 Å². The number of piperazine rings is 1. The minimum atomic E-state index is -0.357. The molecule has 1 saturated heterocycles. The Balaban J connectivity index is 1.62. The molecule has 0 radical (unpaired) electrons. The van der Waals surface area contributed by atoms with Gasteiger partial charge in [-0.1, -0.05) is 0 Å². The molecule has 3 rings (SSSR count). The Morgan fingerprint density at radius 3 is 2.00 bits per heavy atom. The number of anilines is 1. The van der Waals surface area contributed by atoms with Crippen LogP contribution >= 0.6 is 0 Å². The lowest BCUT2D eigenvalue weighted by atomic mass is 10.0. The summed E-state index contributed by atoms with van der Waals surface area (Å²) in [5.74, 6) is -0.365. The van der Waals surface area contributed by atoms with Crippen LogP contribution in [0, 0.1) is 5.82 Å². The Morgan fingerprint density at radius 2 is 1.46 bits per heavy atom. The fourth-order valence-corrected chi connectivity index (χ4v) is 3.07. The number of carbonyl (C=O) groups excluding carboxylic acids is 2. The molecule has 1 aliphatic heterocycles. The predicted octanol–water partition coefficient (Wildman–Crippen LogP) is 1.92. The largest absolute Gasteiger partial charge is 0.368 e. The van der Waals surface area contributed by atoms with Gasteiger partial charge in [0.2, 0.25) is 5.91 Å². The number of amides is 1. The Morgan fingerprint density at radius 1 is 0.923 bits per heavy atom. The van der Waals surface area contributed by atoms with E-state index >= 15 is 0 Å². The molecule has 2 aromatic rings. The molecule has 1 heterocycles. The Hall–Kier alpha value is -2.73. The smallest absolute Gasteiger partial charge is 0.236 e. The number of nitrogens with one attached hydrogen (secondary N) is 1. The Labute approximate surface area is 152 Å². The van der Waals surface area contributed by atoms with Crippen molar-refractivity contribution < 1.29 is 14.0 Å². The lowest BCUT2D eigenvalue weighted by Gasteiger charge is -2.36. The predicted molar refractivity (Wildman–Crippen MR) is 99.0 cm³/mol. The molecule has 0 atom stereocenters. The molecule has 2 aromatic carbocycles. The van der Waals surface area contributed by atoms with E-state index in [2.05, 4.69) is 10.2 Å². The van der Waals surface area contributed by atoms with Crippen molar-refractivity contribution in [1.82, 2.24) is 10.2 Å². The van der Waals surface area contributed by atoms with Gasteiger partial charge in [0, 0.05) is 43.0 Å². The number of halogens is 1. The van der Waals surface area contributed by atoms with E-state index in [-0.39, 0.29) is 17.5 Å². The molecular formula is C20H22FN3O2. The summed E-state index contributed by atoms with van der Waals surface area (Å²) >= 11 is 0. The van der Waals surface area contributed by atoms with Crippen molar-refractivity contribution in [1.29, 1.82) is 0 Å². The zero-order valence-corrected chi connectivity index (χ0v) is 14.7. The van der Waals surface area contributed by atoms with Crippen LogP contribution < -0.4 is 10.2 Å². The molecule has 1 aliphatic rings. The number of likely N-dealkylation sites (N-methyl/N-ethyl adjacent to an activating group) is 1. The summed E-state index contributed by atoms with van der Waals surface area (Å²) in [6.07, 6.45) is 0. The molecule has 0 unspecified atom stereocenters. The number of carbonyl (C=O) groups is 2. The highest BCUT2D eigenvalue weighted by atomic mass is 19.1. The number of hydrogen-bond acceptors (Lipinski definition) is 4. The first kappa shape index (κ1) is 18.1. The first-order valence-corrected chi connectivity index (χ1v) is 8.66. The van der Waals surface area contributed by atoms with Gasteiger partial charge in [0.15, 0.2) is 5.78 Å². The summed E-state index contributed by atoms with van der Waals surface area (Å²) in [5.41, 5.74) is 2.07. The lowest BCUT2D eigenvalue weighted by molar-refractivity contribution is -0.130. The third kappa shape index (κ3) is 4.08. The molecule has 1 N–H and O–H groups in total. The SMILES string of the molecule is CNCC(=O)N1CCN(c2ccc(C(=O)c3ccc(F)cc3)cc2)CC1. The van der Waals surface area contributed by atoms with Gasteiger partial charge in [-0.15, -0.1) is 0 Å². The second kappa shape index (κ2) is 8.10. The molecule has 136 valence electrons.